The van der Waals surface area contributed by atoms with Crippen molar-refractivity contribution in [2.75, 3.05) is 0 Å². The van der Waals surface area contributed by atoms with Gasteiger partial charge in [-0.3, -0.25) is 0 Å². The number of pyridine rings is 2. The van der Waals surface area contributed by atoms with Gasteiger partial charge in [-0.1, -0.05) is 26.8 Å². The highest BCUT2D eigenvalue weighted by Crippen LogP contribution is 2.28. The number of aryl methyl sites for hydroxylation is 2. The van der Waals surface area contributed by atoms with Gasteiger partial charge >= 0.3 is 0 Å². The smallest absolute Gasteiger partial charge is 0.0702 e. The zero-order valence-corrected chi connectivity index (χ0v) is 16.2. The molecule has 0 saturated carbocycles. The lowest BCUT2D eigenvalue weighted by atomic mass is 9.94. The molecule has 0 amide bonds. The van der Waals surface area contributed by atoms with E-state index in [4.69, 9.17) is 0 Å². The highest BCUT2D eigenvalue weighted by molar-refractivity contribution is 5.59. The fourth-order valence-electron chi connectivity index (χ4n) is 3.86. The van der Waals surface area contributed by atoms with Gasteiger partial charge in [-0.25, -0.2) is 9.03 Å². The zero-order valence-electron chi connectivity index (χ0n) is 16.2. The number of nitrogens with zero attached hydrogens (tertiary/aromatic N) is 4. The third-order valence-electron chi connectivity index (χ3n) is 5.28. The predicted octanol–water partition coefficient (Wildman–Crippen LogP) is 5.07. The van der Waals surface area contributed by atoms with Crippen molar-refractivity contribution >= 4 is 11.0 Å². The van der Waals surface area contributed by atoms with E-state index < -0.39 is 0 Å². The third-order valence-corrected chi connectivity index (χ3v) is 5.28. The number of rotatable bonds is 4. The molecule has 0 N–H and O–H groups in total. The summed E-state index contributed by atoms with van der Waals surface area (Å²) in [7, 11) is 0. The molecule has 0 aliphatic rings. The minimum atomic E-state index is 0.405. The molecule has 4 heteroatoms. The Morgan fingerprint density at radius 3 is 2.46 bits per heavy atom. The molecule has 0 aliphatic carbocycles. The van der Waals surface area contributed by atoms with Crippen LogP contribution in [0.15, 0.2) is 42.9 Å². The van der Waals surface area contributed by atoms with Crippen molar-refractivity contribution in [1.82, 2.24) is 19.2 Å². The van der Waals surface area contributed by atoms with Crippen LogP contribution >= 0.6 is 0 Å². The Kier molecular flexibility index (Phi) is 4.06. The van der Waals surface area contributed by atoms with E-state index in [0.29, 0.717) is 11.8 Å². The van der Waals surface area contributed by atoms with E-state index in [-0.39, 0.29) is 0 Å². The summed E-state index contributed by atoms with van der Waals surface area (Å²) >= 11 is 0. The maximum atomic E-state index is 4.56. The minimum Gasteiger partial charge on any atom is -0.240 e. The molecule has 134 valence electrons. The maximum absolute atomic E-state index is 4.56. The van der Waals surface area contributed by atoms with Gasteiger partial charge < -0.3 is 0 Å². The van der Waals surface area contributed by atoms with Crippen LogP contribution in [0, 0.1) is 13.8 Å². The van der Waals surface area contributed by atoms with Crippen LogP contribution in [0.4, 0.5) is 0 Å². The van der Waals surface area contributed by atoms with Crippen molar-refractivity contribution in [3.05, 3.63) is 70.8 Å². The molecule has 26 heavy (non-hydrogen) atoms. The molecule has 4 rings (SSSR count). The van der Waals surface area contributed by atoms with Crippen LogP contribution < -0.4 is 0 Å². The van der Waals surface area contributed by atoms with Crippen molar-refractivity contribution in [1.29, 1.82) is 0 Å². The van der Waals surface area contributed by atoms with E-state index in [1.54, 1.807) is 0 Å². The highest BCUT2D eigenvalue weighted by Gasteiger charge is 2.15. The summed E-state index contributed by atoms with van der Waals surface area (Å²) < 4.78 is 4.05. The molecule has 4 nitrogen and oxygen atoms in total. The minimum absolute atomic E-state index is 0.405. The molecule has 0 aromatic carbocycles. The Morgan fingerprint density at radius 1 is 0.923 bits per heavy atom. The first kappa shape index (κ1) is 16.8. The van der Waals surface area contributed by atoms with Gasteiger partial charge in [0.05, 0.1) is 23.4 Å². The Hall–Kier alpha value is -2.62. The van der Waals surface area contributed by atoms with Crippen molar-refractivity contribution in [2.24, 2.45) is 0 Å². The summed E-state index contributed by atoms with van der Waals surface area (Å²) in [4.78, 5) is 0. The zero-order chi connectivity index (χ0) is 18.4. The number of fused-ring (bicyclic) bond motifs is 2. The molecular weight excluding hydrogens is 320 g/mol. The molecule has 4 aromatic heterocycles. The monoisotopic (exact) mass is 346 g/mol. The second kappa shape index (κ2) is 6.27. The summed E-state index contributed by atoms with van der Waals surface area (Å²) in [5.74, 6) is 0.880. The molecular formula is C22H26N4. The van der Waals surface area contributed by atoms with E-state index in [0.717, 1.165) is 6.42 Å². The first-order valence-corrected chi connectivity index (χ1v) is 9.35. The average Bonchev–Trinajstić information content (AvgIpc) is 3.18. The topological polar surface area (TPSA) is 34.6 Å². The highest BCUT2D eigenvalue weighted by atomic mass is 15.2. The van der Waals surface area contributed by atoms with Gasteiger partial charge in [0, 0.05) is 23.0 Å². The van der Waals surface area contributed by atoms with Gasteiger partial charge in [0.1, 0.15) is 0 Å². The fraction of sp³-hybridized carbons (Fsp3) is 0.364. The number of hydrogen-bond donors (Lipinski definition) is 0. The molecule has 0 aliphatic heterocycles. The number of aromatic nitrogens is 4. The second-order valence-electron chi connectivity index (χ2n) is 7.80. The predicted molar refractivity (Wildman–Crippen MR) is 106 cm³/mol. The van der Waals surface area contributed by atoms with Crippen LogP contribution in [-0.2, 0) is 6.42 Å². The van der Waals surface area contributed by atoms with Gasteiger partial charge in [0.2, 0.25) is 0 Å². The van der Waals surface area contributed by atoms with Crippen molar-refractivity contribution in [2.45, 2.75) is 52.9 Å². The Bertz CT molecular complexity index is 1080. The Balaban J connectivity index is 1.70. The number of hydrogen-bond acceptors (Lipinski definition) is 2. The Labute approximate surface area is 154 Å². The van der Waals surface area contributed by atoms with Crippen LogP contribution in [0.3, 0.4) is 0 Å². The van der Waals surface area contributed by atoms with E-state index in [2.05, 4.69) is 79.8 Å². The van der Waals surface area contributed by atoms with E-state index >= 15 is 0 Å². The normalized spacial score (nSPS) is 13.2. The Morgan fingerprint density at radius 2 is 1.69 bits per heavy atom. The maximum Gasteiger partial charge on any atom is 0.0702 e. The molecule has 0 fully saturated rings. The summed E-state index contributed by atoms with van der Waals surface area (Å²) in [5, 5.41) is 9.10. The molecule has 4 heterocycles. The average molecular weight is 346 g/mol. The first-order chi connectivity index (χ1) is 12.4. The molecule has 1 unspecified atom stereocenters. The van der Waals surface area contributed by atoms with Gasteiger partial charge in [0.25, 0.3) is 0 Å². The lowest BCUT2D eigenvalue weighted by Crippen LogP contribution is -2.02. The van der Waals surface area contributed by atoms with Gasteiger partial charge in [-0.05, 0) is 61.4 Å². The summed E-state index contributed by atoms with van der Waals surface area (Å²) in [6, 6.07) is 8.90. The molecule has 0 saturated heterocycles. The van der Waals surface area contributed by atoms with Crippen molar-refractivity contribution < 1.29 is 0 Å². The summed E-state index contributed by atoms with van der Waals surface area (Å²) in [6.45, 7) is 11.0. The van der Waals surface area contributed by atoms with Crippen LogP contribution in [-0.4, -0.2) is 19.2 Å². The SMILES string of the molecule is Cc1ccc2c(C(C)Cc3cc(C)n4ncc(C(C)C)c4c3)cnn2c1. The molecule has 0 bridgehead atoms. The van der Waals surface area contributed by atoms with Gasteiger partial charge in [0.15, 0.2) is 0 Å². The largest absolute Gasteiger partial charge is 0.240 e. The summed E-state index contributed by atoms with van der Waals surface area (Å²) in [5.41, 5.74) is 8.83. The second-order valence-corrected chi connectivity index (χ2v) is 7.80. The van der Waals surface area contributed by atoms with Gasteiger partial charge in [-0.2, -0.15) is 10.2 Å². The summed E-state index contributed by atoms with van der Waals surface area (Å²) in [6.07, 6.45) is 7.11. The van der Waals surface area contributed by atoms with Crippen LogP contribution in [0.2, 0.25) is 0 Å². The quantitative estimate of drug-likeness (QED) is 0.517. The van der Waals surface area contributed by atoms with Crippen LogP contribution in [0.1, 0.15) is 60.6 Å². The van der Waals surface area contributed by atoms with Gasteiger partial charge in [-0.15, -0.1) is 0 Å². The van der Waals surface area contributed by atoms with Crippen LogP contribution in [0.25, 0.3) is 11.0 Å². The van der Waals surface area contributed by atoms with Crippen molar-refractivity contribution in [3.63, 3.8) is 0 Å². The van der Waals surface area contributed by atoms with E-state index in [9.17, 15) is 0 Å². The lowest BCUT2D eigenvalue weighted by Gasteiger charge is -2.13. The molecule has 0 radical (unpaired) electrons. The lowest BCUT2D eigenvalue weighted by molar-refractivity contribution is 0.761. The molecule has 4 aromatic rings. The standard InChI is InChI=1S/C22H26N4/c1-14(2)19-11-24-26-17(5)9-18(10-22(19)26)8-16(4)20-12-23-25-13-15(3)6-7-21(20)25/h6-7,9-14,16H,8H2,1-5H3. The fourth-order valence-corrected chi connectivity index (χ4v) is 3.86. The van der Waals surface area contributed by atoms with Crippen molar-refractivity contribution in [3.8, 4) is 0 Å². The van der Waals surface area contributed by atoms with E-state index in [1.165, 1.54) is 39.0 Å². The molecule has 1 atom stereocenters. The third kappa shape index (κ3) is 2.79. The van der Waals surface area contributed by atoms with Crippen LogP contribution in [0.5, 0.6) is 0 Å². The molecule has 0 spiro atoms. The first-order valence-electron chi connectivity index (χ1n) is 9.35. The van der Waals surface area contributed by atoms with E-state index in [1.807, 2.05) is 16.9 Å².